The molecule has 0 radical (unpaired) electrons. The van der Waals surface area contributed by atoms with Gasteiger partial charge >= 0.3 is 0 Å². The first-order valence-corrected chi connectivity index (χ1v) is 6.96. The summed E-state index contributed by atoms with van der Waals surface area (Å²) in [6.07, 6.45) is 0.702. The van der Waals surface area contributed by atoms with Crippen molar-refractivity contribution in [3.63, 3.8) is 0 Å². The van der Waals surface area contributed by atoms with E-state index < -0.39 is 5.41 Å². The monoisotopic (exact) mass is 287 g/mol. The highest BCUT2D eigenvalue weighted by Gasteiger charge is 2.27. The maximum atomic E-state index is 12.4. The number of nitrogens with one attached hydrogen (secondary N) is 1. The van der Waals surface area contributed by atoms with Gasteiger partial charge in [0.15, 0.2) is 0 Å². The predicted octanol–water partition coefficient (Wildman–Crippen LogP) is 4.55. The van der Waals surface area contributed by atoms with Crippen LogP contribution in [0.2, 0.25) is 5.02 Å². The third kappa shape index (κ3) is 3.84. The first-order chi connectivity index (χ1) is 9.47. The van der Waals surface area contributed by atoms with E-state index in [2.05, 4.69) is 5.32 Å². The van der Waals surface area contributed by atoms with Crippen LogP contribution in [0.15, 0.2) is 54.6 Å². The summed E-state index contributed by atoms with van der Waals surface area (Å²) in [5, 5.41) is 3.59. The van der Waals surface area contributed by atoms with Gasteiger partial charge in [-0.05, 0) is 36.2 Å². The number of hydrogen-bond acceptors (Lipinski definition) is 1. The summed E-state index contributed by atoms with van der Waals surface area (Å²) in [7, 11) is 0. The second-order valence-electron chi connectivity index (χ2n) is 5.51. The molecule has 2 aromatic rings. The highest BCUT2D eigenvalue weighted by molar-refractivity contribution is 6.30. The molecule has 0 aromatic heterocycles. The summed E-state index contributed by atoms with van der Waals surface area (Å²) >= 11 is 5.83. The van der Waals surface area contributed by atoms with Gasteiger partial charge in [0.05, 0.1) is 0 Å². The highest BCUT2D eigenvalue weighted by atomic mass is 35.5. The fourth-order valence-electron chi connectivity index (χ4n) is 2.02. The van der Waals surface area contributed by atoms with E-state index in [-0.39, 0.29) is 5.91 Å². The Hall–Kier alpha value is -1.80. The van der Waals surface area contributed by atoms with Crippen LogP contribution in [-0.4, -0.2) is 5.91 Å². The third-order valence-electron chi connectivity index (χ3n) is 3.21. The molecule has 0 aliphatic rings. The van der Waals surface area contributed by atoms with Crippen molar-refractivity contribution >= 4 is 23.2 Å². The predicted molar refractivity (Wildman–Crippen MR) is 84.0 cm³/mol. The maximum absolute atomic E-state index is 12.4. The van der Waals surface area contributed by atoms with Crippen LogP contribution in [0, 0.1) is 5.41 Å². The van der Waals surface area contributed by atoms with Gasteiger partial charge in [0.1, 0.15) is 0 Å². The van der Waals surface area contributed by atoms with Crippen molar-refractivity contribution in [1.29, 1.82) is 0 Å². The fraction of sp³-hybridized carbons (Fsp3) is 0.235. The summed E-state index contributed by atoms with van der Waals surface area (Å²) < 4.78 is 0. The minimum Gasteiger partial charge on any atom is -0.326 e. The molecule has 2 nitrogen and oxygen atoms in total. The molecular formula is C17H18ClNO. The first-order valence-electron chi connectivity index (χ1n) is 6.58. The maximum Gasteiger partial charge on any atom is 0.230 e. The van der Waals surface area contributed by atoms with Crippen LogP contribution in [0.25, 0.3) is 0 Å². The number of halogens is 1. The van der Waals surface area contributed by atoms with E-state index in [4.69, 9.17) is 11.6 Å². The molecule has 2 rings (SSSR count). The normalized spacial score (nSPS) is 11.2. The molecule has 0 aliphatic carbocycles. The lowest BCUT2D eigenvalue weighted by atomic mass is 9.85. The Balaban J connectivity index is 2.05. The molecule has 0 atom stereocenters. The second-order valence-corrected chi connectivity index (χ2v) is 5.94. The van der Waals surface area contributed by atoms with E-state index in [0.29, 0.717) is 11.4 Å². The van der Waals surface area contributed by atoms with Gasteiger partial charge in [-0.25, -0.2) is 0 Å². The number of carbonyl (C=O) groups is 1. The number of amides is 1. The number of anilines is 1. The van der Waals surface area contributed by atoms with Crippen molar-refractivity contribution in [2.45, 2.75) is 20.3 Å². The molecule has 0 spiro atoms. The zero-order valence-electron chi connectivity index (χ0n) is 11.7. The molecule has 0 heterocycles. The van der Waals surface area contributed by atoms with Crippen molar-refractivity contribution in [1.82, 2.24) is 0 Å². The lowest BCUT2D eigenvalue weighted by molar-refractivity contribution is -0.123. The summed E-state index contributed by atoms with van der Waals surface area (Å²) in [6.45, 7) is 3.90. The third-order valence-corrected chi connectivity index (χ3v) is 3.46. The van der Waals surface area contributed by atoms with Gasteiger partial charge in [0.25, 0.3) is 0 Å². The molecule has 1 N–H and O–H groups in total. The van der Waals surface area contributed by atoms with E-state index in [9.17, 15) is 4.79 Å². The van der Waals surface area contributed by atoms with Crippen LogP contribution < -0.4 is 5.32 Å². The second kappa shape index (κ2) is 6.10. The zero-order chi connectivity index (χ0) is 14.6. The molecule has 0 fully saturated rings. The largest absolute Gasteiger partial charge is 0.326 e. The minimum absolute atomic E-state index is 0.00340. The summed E-state index contributed by atoms with van der Waals surface area (Å²) in [5.41, 5.74) is 1.45. The Morgan fingerprint density at radius 1 is 1.05 bits per heavy atom. The topological polar surface area (TPSA) is 29.1 Å². The molecule has 20 heavy (non-hydrogen) atoms. The molecule has 3 heteroatoms. The van der Waals surface area contributed by atoms with Crippen LogP contribution >= 0.6 is 11.6 Å². The molecule has 0 unspecified atom stereocenters. The Kier molecular flexibility index (Phi) is 4.46. The van der Waals surface area contributed by atoms with E-state index in [1.165, 1.54) is 0 Å². The smallest absolute Gasteiger partial charge is 0.230 e. The van der Waals surface area contributed by atoms with E-state index in [0.717, 1.165) is 11.3 Å². The van der Waals surface area contributed by atoms with Crippen molar-refractivity contribution in [2.75, 3.05) is 5.32 Å². The van der Waals surface area contributed by atoms with Crippen molar-refractivity contribution in [3.8, 4) is 0 Å². The Morgan fingerprint density at radius 2 is 1.65 bits per heavy atom. The highest BCUT2D eigenvalue weighted by Crippen LogP contribution is 2.24. The average molecular weight is 288 g/mol. The standard InChI is InChI=1S/C17H18ClNO/c1-17(2,12-13-6-4-3-5-7-13)16(20)19-15-10-8-14(18)9-11-15/h3-11H,12H2,1-2H3,(H,19,20). The van der Waals surface area contributed by atoms with Crippen LogP contribution in [-0.2, 0) is 11.2 Å². The van der Waals surface area contributed by atoms with Gasteiger partial charge in [0.2, 0.25) is 5.91 Å². The van der Waals surface area contributed by atoms with Crippen LogP contribution in [0.3, 0.4) is 0 Å². The van der Waals surface area contributed by atoms with Crippen molar-refractivity contribution < 1.29 is 4.79 Å². The first kappa shape index (κ1) is 14.6. The Bertz CT molecular complexity index is 576. The van der Waals surface area contributed by atoms with E-state index in [1.807, 2.05) is 44.2 Å². The molecule has 0 bridgehead atoms. The molecule has 0 saturated heterocycles. The van der Waals surface area contributed by atoms with Gasteiger partial charge in [-0.1, -0.05) is 55.8 Å². The van der Waals surface area contributed by atoms with Crippen molar-refractivity contribution in [2.24, 2.45) is 5.41 Å². The number of carbonyl (C=O) groups excluding carboxylic acids is 1. The number of rotatable bonds is 4. The zero-order valence-corrected chi connectivity index (χ0v) is 12.4. The minimum atomic E-state index is -0.471. The van der Waals surface area contributed by atoms with Gasteiger partial charge in [-0.3, -0.25) is 4.79 Å². The molecule has 1 amide bonds. The average Bonchev–Trinajstić information content (AvgIpc) is 2.42. The lowest BCUT2D eigenvalue weighted by Crippen LogP contribution is -2.32. The molecule has 0 saturated carbocycles. The summed E-state index contributed by atoms with van der Waals surface area (Å²) in [4.78, 5) is 12.4. The van der Waals surface area contributed by atoms with Crippen LogP contribution in [0.5, 0.6) is 0 Å². The molecular weight excluding hydrogens is 270 g/mol. The summed E-state index contributed by atoms with van der Waals surface area (Å²) in [5.74, 6) is 0.00340. The Labute approximate surface area is 124 Å². The van der Waals surface area contributed by atoms with Crippen LogP contribution in [0.1, 0.15) is 19.4 Å². The van der Waals surface area contributed by atoms with Crippen LogP contribution in [0.4, 0.5) is 5.69 Å². The fourth-order valence-corrected chi connectivity index (χ4v) is 2.15. The SMILES string of the molecule is CC(C)(Cc1ccccc1)C(=O)Nc1ccc(Cl)cc1. The van der Waals surface area contributed by atoms with Gasteiger partial charge < -0.3 is 5.32 Å². The van der Waals surface area contributed by atoms with E-state index >= 15 is 0 Å². The lowest BCUT2D eigenvalue weighted by Gasteiger charge is -2.23. The molecule has 2 aromatic carbocycles. The quantitative estimate of drug-likeness (QED) is 0.878. The van der Waals surface area contributed by atoms with Gasteiger partial charge in [-0.2, -0.15) is 0 Å². The number of hydrogen-bond donors (Lipinski definition) is 1. The summed E-state index contributed by atoms with van der Waals surface area (Å²) in [6, 6.07) is 17.2. The molecule has 0 aliphatic heterocycles. The Morgan fingerprint density at radius 3 is 2.25 bits per heavy atom. The van der Waals surface area contributed by atoms with Gasteiger partial charge in [0, 0.05) is 16.1 Å². The number of benzene rings is 2. The molecule has 104 valence electrons. The van der Waals surface area contributed by atoms with E-state index in [1.54, 1.807) is 24.3 Å². The van der Waals surface area contributed by atoms with Gasteiger partial charge in [-0.15, -0.1) is 0 Å². The van der Waals surface area contributed by atoms with Crippen molar-refractivity contribution in [3.05, 3.63) is 65.2 Å².